The largest absolute Gasteiger partial charge is 0.483 e. The van der Waals surface area contributed by atoms with Crippen molar-refractivity contribution in [3.05, 3.63) is 14.9 Å². The van der Waals surface area contributed by atoms with E-state index < -0.39 is 5.97 Å². The van der Waals surface area contributed by atoms with Crippen molar-refractivity contribution < 1.29 is 24.2 Å². The SMILES string of the molecule is CCCOc1sc(C(=O)O)c(C)c1Br.O=C1CCC(=O)N1. The number of amides is 2. The quantitative estimate of drug-likeness (QED) is 0.786. The smallest absolute Gasteiger partial charge is 0.346 e. The molecule has 116 valence electrons. The summed E-state index contributed by atoms with van der Waals surface area (Å²) in [5.41, 5.74) is 0.730. The maximum Gasteiger partial charge on any atom is 0.346 e. The van der Waals surface area contributed by atoms with Crippen molar-refractivity contribution in [3.8, 4) is 5.06 Å². The lowest BCUT2D eigenvalue weighted by Crippen LogP contribution is -2.18. The molecule has 6 nitrogen and oxygen atoms in total. The van der Waals surface area contributed by atoms with Gasteiger partial charge in [0.05, 0.1) is 11.1 Å². The van der Waals surface area contributed by atoms with Gasteiger partial charge in [-0.05, 0) is 34.8 Å². The number of aromatic carboxylic acids is 1. The summed E-state index contributed by atoms with van der Waals surface area (Å²) in [5, 5.41) is 11.7. The molecule has 21 heavy (non-hydrogen) atoms. The minimum atomic E-state index is -0.903. The number of carboxylic acids is 1. The minimum Gasteiger partial charge on any atom is -0.483 e. The molecule has 1 aromatic heterocycles. The van der Waals surface area contributed by atoms with Crippen molar-refractivity contribution in [1.82, 2.24) is 5.32 Å². The molecule has 0 aromatic carbocycles. The Labute approximate surface area is 134 Å². The Balaban J connectivity index is 0.000000262. The molecule has 0 saturated carbocycles. The second kappa shape index (κ2) is 8.14. The Morgan fingerprint density at radius 1 is 1.38 bits per heavy atom. The molecule has 2 amide bonds. The second-order valence-electron chi connectivity index (χ2n) is 4.28. The van der Waals surface area contributed by atoms with E-state index in [2.05, 4.69) is 21.2 Å². The molecule has 2 heterocycles. The zero-order valence-electron chi connectivity index (χ0n) is 11.7. The van der Waals surface area contributed by atoms with Crippen LogP contribution >= 0.6 is 27.3 Å². The van der Waals surface area contributed by atoms with Gasteiger partial charge in [-0.3, -0.25) is 14.9 Å². The highest BCUT2D eigenvalue weighted by Gasteiger charge is 2.18. The van der Waals surface area contributed by atoms with E-state index in [0.717, 1.165) is 16.5 Å². The van der Waals surface area contributed by atoms with Gasteiger partial charge in [0.2, 0.25) is 11.8 Å². The van der Waals surface area contributed by atoms with Crippen molar-refractivity contribution in [2.75, 3.05) is 6.61 Å². The molecule has 0 spiro atoms. The van der Waals surface area contributed by atoms with Crippen LogP contribution in [0.4, 0.5) is 0 Å². The van der Waals surface area contributed by atoms with E-state index >= 15 is 0 Å². The van der Waals surface area contributed by atoms with Gasteiger partial charge < -0.3 is 9.84 Å². The monoisotopic (exact) mass is 377 g/mol. The van der Waals surface area contributed by atoms with E-state index in [0.29, 0.717) is 29.4 Å². The van der Waals surface area contributed by atoms with Gasteiger partial charge in [0.15, 0.2) is 5.06 Å². The number of hydrogen-bond donors (Lipinski definition) is 2. The van der Waals surface area contributed by atoms with Crippen molar-refractivity contribution in [2.45, 2.75) is 33.1 Å². The Bertz CT molecular complexity index is 541. The minimum absolute atomic E-state index is 0.148. The molecule has 0 aliphatic carbocycles. The van der Waals surface area contributed by atoms with E-state index in [4.69, 9.17) is 9.84 Å². The van der Waals surface area contributed by atoms with Gasteiger partial charge in [-0.15, -0.1) is 0 Å². The molecule has 1 fully saturated rings. The first-order chi connectivity index (χ1) is 9.86. The molecule has 8 heteroatoms. The molecule has 0 atom stereocenters. The first kappa shape index (κ1) is 17.6. The summed E-state index contributed by atoms with van der Waals surface area (Å²) in [7, 11) is 0. The lowest BCUT2D eigenvalue weighted by atomic mass is 10.3. The van der Waals surface area contributed by atoms with Crippen LogP contribution in [0.2, 0.25) is 0 Å². The maximum atomic E-state index is 10.8. The Morgan fingerprint density at radius 2 is 1.95 bits per heavy atom. The van der Waals surface area contributed by atoms with Gasteiger partial charge in [0.1, 0.15) is 4.88 Å². The van der Waals surface area contributed by atoms with E-state index in [1.807, 2.05) is 6.92 Å². The van der Waals surface area contributed by atoms with Crippen LogP contribution in [0.5, 0.6) is 5.06 Å². The number of carbonyl (C=O) groups excluding carboxylic acids is 2. The van der Waals surface area contributed by atoms with E-state index in [9.17, 15) is 14.4 Å². The fraction of sp³-hybridized carbons (Fsp3) is 0.462. The average molecular weight is 378 g/mol. The average Bonchev–Trinajstić information content (AvgIpc) is 2.93. The third kappa shape index (κ3) is 5.13. The van der Waals surface area contributed by atoms with Gasteiger partial charge in [0, 0.05) is 12.8 Å². The molecule has 1 aromatic rings. The number of nitrogens with one attached hydrogen (secondary N) is 1. The Morgan fingerprint density at radius 3 is 2.29 bits per heavy atom. The lowest BCUT2D eigenvalue weighted by molar-refractivity contribution is -0.124. The third-order valence-corrected chi connectivity index (χ3v) is 4.94. The number of carboxylic acid groups (broad SMARTS) is 1. The van der Waals surface area contributed by atoms with Crippen LogP contribution in [0.15, 0.2) is 4.47 Å². The zero-order valence-corrected chi connectivity index (χ0v) is 14.1. The lowest BCUT2D eigenvalue weighted by Gasteiger charge is -2.00. The molecule has 1 aliphatic heterocycles. The summed E-state index contributed by atoms with van der Waals surface area (Å²) < 4.78 is 6.16. The molecule has 2 N–H and O–H groups in total. The zero-order chi connectivity index (χ0) is 16.0. The van der Waals surface area contributed by atoms with Crippen molar-refractivity contribution in [3.63, 3.8) is 0 Å². The van der Waals surface area contributed by atoms with Crippen LogP contribution in [-0.2, 0) is 9.59 Å². The first-order valence-corrected chi connectivity index (χ1v) is 7.95. The molecular weight excluding hydrogens is 362 g/mol. The summed E-state index contributed by atoms with van der Waals surface area (Å²) in [6.07, 6.45) is 1.66. The fourth-order valence-electron chi connectivity index (χ4n) is 1.47. The van der Waals surface area contributed by atoms with E-state index in [1.54, 1.807) is 6.92 Å². The molecular formula is C13H16BrNO5S. The van der Waals surface area contributed by atoms with Crippen molar-refractivity contribution in [2.24, 2.45) is 0 Å². The molecule has 1 saturated heterocycles. The van der Waals surface area contributed by atoms with E-state index in [-0.39, 0.29) is 11.8 Å². The third-order valence-electron chi connectivity index (χ3n) is 2.53. The number of thiophene rings is 1. The van der Waals surface area contributed by atoms with Crippen LogP contribution in [0, 0.1) is 6.92 Å². The molecule has 1 aliphatic rings. The summed E-state index contributed by atoms with van der Waals surface area (Å²) in [6, 6.07) is 0. The number of rotatable bonds is 4. The Kier molecular flexibility index (Phi) is 6.83. The highest BCUT2D eigenvalue weighted by atomic mass is 79.9. The number of hydrogen-bond acceptors (Lipinski definition) is 5. The normalized spacial score (nSPS) is 13.5. The summed E-state index contributed by atoms with van der Waals surface area (Å²) >= 11 is 4.49. The predicted molar refractivity (Wildman–Crippen MR) is 81.9 cm³/mol. The van der Waals surface area contributed by atoms with Crippen LogP contribution in [0.25, 0.3) is 0 Å². The molecule has 0 unspecified atom stereocenters. The van der Waals surface area contributed by atoms with E-state index in [1.165, 1.54) is 11.3 Å². The molecule has 0 radical (unpaired) electrons. The number of ether oxygens (including phenoxy) is 1. The molecule has 0 bridgehead atoms. The highest BCUT2D eigenvalue weighted by molar-refractivity contribution is 9.10. The van der Waals surface area contributed by atoms with Crippen LogP contribution in [0.3, 0.4) is 0 Å². The van der Waals surface area contributed by atoms with Crippen LogP contribution in [-0.4, -0.2) is 29.5 Å². The Hall–Kier alpha value is -1.41. The standard InChI is InChI=1S/C9H11BrO3S.C4H5NO2/c1-3-4-13-9-6(10)5(2)7(14-9)8(11)12;6-3-1-2-4(7)5-3/h3-4H2,1-2H3,(H,11,12);1-2H2,(H,5,6,7). The van der Waals surface area contributed by atoms with Gasteiger partial charge in [-0.1, -0.05) is 18.3 Å². The fourth-order valence-corrected chi connectivity index (χ4v) is 3.07. The summed E-state index contributed by atoms with van der Waals surface area (Å²) in [4.78, 5) is 31.4. The van der Waals surface area contributed by atoms with Gasteiger partial charge >= 0.3 is 5.97 Å². The number of halogens is 1. The summed E-state index contributed by atoms with van der Waals surface area (Å²) in [5.74, 6) is -1.20. The topological polar surface area (TPSA) is 92.7 Å². The number of carbonyl (C=O) groups is 3. The maximum absolute atomic E-state index is 10.8. The van der Waals surface area contributed by atoms with Crippen molar-refractivity contribution >= 4 is 45.1 Å². The molecule has 2 rings (SSSR count). The van der Waals surface area contributed by atoms with Crippen molar-refractivity contribution in [1.29, 1.82) is 0 Å². The van der Waals surface area contributed by atoms with Crippen LogP contribution in [0.1, 0.15) is 41.4 Å². The van der Waals surface area contributed by atoms with Gasteiger partial charge in [-0.2, -0.15) is 0 Å². The highest BCUT2D eigenvalue weighted by Crippen LogP contribution is 2.39. The second-order valence-corrected chi connectivity index (χ2v) is 6.06. The van der Waals surface area contributed by atoms with Gasteiger partial charge in [-0.25, -0.2) is 4.79 Å². The summed E-state index contributed by atoms with van der Waals surface area (Å²) in [6.45, 7) is 4.38. The first-order valence-electron chi connectivity index (χ1n) is 6.34. The van der Waals surface area contributed by atoms with Gasteiger partial charge in [0.25, 0.3) is 0 Å². The number of imide groups is 1. The predicted octanol–water partition coefficient (Wildman–Crippen LogP) is 2.73. The van der Waals surface area contributed by atoms with Crippen LogP contribution < -0.4 is 10.1 Å².